The second kappa shape index (κ2) is 4.55. The Bertz CT molecular complexity index is 295. The summed E-state index contributed by atoms with van der Waals surface area (Å²) in [4.78, 5) is 14.4. The molecule has 4 N–H and O–H groups in total. The lowest BCUT2D eigenvalue weighted by Gasteiger charge is -2.32. The van der Waals surface area contributed by atoms with E-state index in [0.717, 1.165) is 26.2 Å². The molecule has 98 valence electrons. The van der Waals surface area contributed by atoms with Crippen LogP contribution in [-0.2, 0) is 4.79 Å². The van der Waals surface area contributed by atoms with Crippen LogP contribution in [0.2, 0.25) is 0 Å². The zero-order valence-electron chi connectivity index (χ0n) is 11.0. The molecule has 0 bridgehead atoms. The number of nitrogens with two attached hydrogens (primary N) is 1. The lowest BCUT2D eigenvalue weighted by Crippen LogP contribution is -2.59. The van der Waals surface area contributed by atoms with E-state index in [1.807, 2.05) is 0 Å². The van der Waals surface area contributed by atoms with Gasteiger partial charge in [-0.25, -0.2) is 0 Å². The summed E-state index contributed by atoms with van der Waals surface area (Å²) in [5.74, 6) is 0.0607. The van der Waals surface area contributed by atoms with Crippen molar-refractivity contribution in [2.75, 3.05) is 26.2 Å². The molecule has 17 heavy (non-hydrogen) atoms. The van der Waals surface area contributed by atoms with E-state index in [2.05, 4.69) is 36.3 Å². The highest BCUT2D eigenvalue weighted by molar-refractivity contribution is 5.80. The van der Waals surface area contributed by atoms with Gasteiger partial charge in [-0.2, -0.15) is 0 Å². The Kier molecular flexibility index (Phi) is 3.43. The maximum atomic E-state index is 12.1. The van der Waals surface area contributed by atoms with Gasteiger partial charge in [-0.3, -0.25) is 9.69 Å². The van der Waals surface area contributed by atoms with Crippen LogP contribution >= 0.6 is 0 Å². The first-order valence-electron chi connectivity index (χ1n) is 6.39. The monoisotopic (exact) mass is 240 g/mol. The molecule has 2 rings (SSSR count). The summed E-state index contributed by atoms with van der Waals surface area (Å²) in [6, 6.07) is 0.264. The molecule has 0 aromatic carbocycles. The van der Waals surface area contributed by atoms with Crippen LogP contribution < -0.4 is 16.4 Å². The molecule has 0 aromatic heterocycles. The highest BCUT2D eigenvalue weighted by atomic mass is 16.2. The lowest BCUT2D eigenvalue weighted by molar-refractivity contribution is -0.126. The molecule has 2 atom stereocenters. The Balaban J connectivity index is 1.90. The van der Waals surface area contributed by atoms with Gasteiger partial charge >= 0.3 is 0 Å². The Morgan fingerprint density at radius 2 is 2.00 bits per heavy atom. The average Bonchev–Trinajstić information content (AvgIpc) is 2.53. The van der Waals surface area contributed by atoms with Gasteiger partial charge in [0.15, 0.2) is 0 Å². The molecule has 0 aromatic rings. The van der Waals surface area contributed by atoms with Gasteiger partial charge in [0, 0.05) is 37.8 Å². The third kappa shape index (κ3) is 2.78. The molecule has 5 nitrogen and oxygen atoms in total. The summed E-state index contributed by atoms with van der Waals surface area (Å²) in [7, 11) is 0. The van der Waals surface area contributed by atoms with Crippen LogP contribution in [0.5, 0.6) is 0 Å². The van der Waals surface area contributed by atoms with Gasteiger partial charge in [-0.15, -0.1) is 0 Å². The Hall–Kier alpha value is -0.650. The molecule has 2 saturated heterocycles. The summed E-state index contributed by atoms with van der Waals surface area (Å²) in [5.41, 5.74) is 6.17. The van der Waals surface area contributed by atoms with Crippen molar-refractivity contribution < 1.29 is 4.79 Å². The van der Waals surface area contributed by atoms with E-state index in [-0.39, 0.29) is 23.4 Å². The van der Waals surface area contributed by atoms with E-state index >= 15 is 0 Å². The number of likely N-dealkylation sites (tertiary alicyclic amines) is 1. The molecular weight excluding hydrogens is 216 g/mol. The summed E-state index contributed by atoms with van der Waals surface area (Å²) >= 11 is 0. The summed E-state index contributed by atoms with van der Waals surface area (Å²) in [5, 5.41) is 6.20. The third-order valence-corrected chi connectivity index (χ3v) is 3.78. The quantitative estimate of drug-likeness (QED) is 0.587. The topological polar surface area (TPSA) is 70.4 Å². The van der Waals surface area contributed by atoms with E-state index in [9.17, 15) is 4.79 Å². The van der Waals surface area contributed by atoms with E-state index in [1.54, 1.807) is 0 Å². The first-order valence-corrected chi connectivity index (χ1v) is 6.39. The van der Waals surface area contributed by atoms with Gasteiger partial charge in [-0.05, 0) is 20.8 Å². The predicted octanol–water partition coefficient (Wildman–Crippen LogP) is -0.868. The molecule has 0 unspecified atom stereocenters. The minimum Gasteiger partial charge on any atom is -0.350 e. The zero-order chi connectivity index (χ0) is 12.6. The molecule has 0 radical (unpaired) electrons. The van der Waals surface area contributed by atoms with Crippen LogP contribution in [-0.4, -0.2) is 54.6 Å². The first-order chi connectivity index (χ1) is 7.88. The van der Waals surface area contributed by atoms with Crippen molar-refractivity contribution in [2.45, 2.75) is 38.4 Å². The van der Waals surface area contributed by atoms with Crippen molar-refractivity contribution in [3.8, 4) is 0 Å². The van der Waals surface area contributed by atoms with E-state index in [0.29, 0.717) is 6.04 Å². The van der Waals surface area contributed by atoms with Gasteiger partial charge in [0.1, 0.15) is 0 Å². The lowest BCUT2D eigenvalue weighted by atomic mass is 10.0. The van der Waals surface area contributed by atoms with Gasteiger partial charge in [-0.1, -0.05) is 0 Å². The van der Waals surface area contributed by atoms with Crippen LogP contribution in [0.3, 0.4) is 0 Å². The van der Waals surface area contributed by atoms with E-state index < -0.39 is 0 Å². The highest BCUT2D eigenvalue weighted by Gasteiger charge is 2.40. The average molecular weight is 240 g/mol. The summed E-state index contributed by atoms with van der Waals surface area (Å²) in [6.07, 6.45) is 0. The number of nitrogens with one attached hydrogen (secondary N) is 2. The minimum atomic E-state index is -0.0603. The number of carbonyl (C=O) groups is 1. The summed E-state index contributed by atoms with van der Waals surface area (Å²) < 4.78 is 0. The van der Waals surface area contributed by atoms with Crippen LogP contribution in [0.4, 0.5) is 0 Å². The van der Waals surface area contributed by atoms with Crippen LogP contribution in [0.15, 0.2) is 0 Å². The molecule has 2 fully saturated rings. The molecule has 5 heteroatoms. The van der Waals surface area contributed by atoms with Gasteiger partial charge < -0.3 is 16.4 Å². The van der Waals surface area contributed by atoms with Crippen molar-refractivity contribution in [3.63, 3.8) is 0 Å². The van der Waals surface area contributed by atoms with E-state index in [1.165, 1.54) is 0 Å². The number of hydrogen-bond donors (Lipinski definition) is 3. The normalized spacial score (nSPS) is 31.3. The molecule has 0 aliphatic carbocycles. The van der Waals surface area contributed by atoms with Crippen molar-refractivity contribution in [1.29, 1.82) is 0 Å². The number of amides is 1. The second-order valence-corrected chi connectivity index (χ2v) is 6.21. The number of rotatable bonds is 2. The van der Waals surface area contributed by atoms with Gasteiger partial charge in [0.2, 0.25) is 5.91 Å². The van der Waals surface area contributed by atoms with Crippen molar-refractivity contribution >= 4 is 5.91 Å². The fourth-order valence-electron chi connectivity index (χ4n) is 2.35. The van der Waals surface area contributed by atoms with Crippen molar-refractivity contribution in [1.82, 2.24) is 15.5 Å². The Morgan fingerprint density at radius 1 is 1.35 bits per heavy atom. The molecule has 2 aliphatic rings. The molecule has 0 spiro atoms. The van der Waals surface area contributed by atoms with Crippen LogP contribution in [0, 0.1) is 5.92 Å². The number of carbonyl (C=O) groups excluding carboxylic acids is 1. The van der Waals surface area contributed by atoms with Crippen molar-refractivity contribution in [2.24, 2.45) is 11.7 Å². The summed E-state index contributed by atoms with van der Waals surface area (Å²) in [6.45, 7) is 9.84. The molecule has 0 saturated carbocycles. The maximum Gasteiger partial charge on any atom is 0.226 e. The third-order valence-electron chi connectivity index (χ3n) is 3.78. The van der Waals surface area contributed by atoms with Crippen LogP contribution in [0.25, 0.3) is 0 Å². The van der Waals surface area contributed by atoms with E-state index in [4.69, 9.17) is 5.73 Å². The zero-order valence-corrected chi connectivity index (χ0v) is 11.0. The fraction of sp³-hybridized carbons (Fsp3) is 0.917. The van der Waals surface area contributed by atoms with Gasteiger partial charge in [0.05, 0.1) is 12.0 Å². The van der Waals surface area contributed by atoms with Gasteiger partial charge in [0.25, 0.3) is 0 Å². The molecular formula is C12H24N4O. The Morgan fingerprint density at radius 3 is 2.41 bits per heavy atom. The maximum absolute atomic E-state index is 12.1. The largest absolute Gasteiger partial charge is 0.350 e. The molecule has 1 amide bonds. The standard InChI is InChI=1S/C12H24N4O/c1-12(2,3)16-6-9(10(13)7-16)11(17)15-8-4-14-5-8/h8-10,14H,4-7,13H2,1-3H3,(H,15,17)/t9-,10-/m0/s1. The highest BCUT2D eigenvalue weighted by Crippen LogP contribution is 2.24. The predicted molar refractivity (Wildman–Crippen MR) is 67.6 cm³/mol. The minimum absolute atomic E-state index is 0.0396. The smallest absolute Gasteiger partial charge is 0.226 e. The number of nitrogens with zero attached hydrogens (tertiary/aromatic N) is 1. The molecule has 2 aliphatic heterocycles. The second-order valence-electron chi connectivity index (χ2n) is 6.21. The molecule has 2 heterocycles. The number of hydrogen-bond acceptors (Lipinski definition) is 4. The first kappa shape index (κ1) is 12.8. The van der Waals surface area contributed by atoms with Crippen LogP contribution in [0.1, 0.15) is 20.8 Å². The SMILES string of the molecule is CC(C)(C)N1C[C@H](C(=O)NC2CNC2)[C@@H](N)C1. The Labute approximate surface area is 103 Å². The van der Waals surface area contributed by atoms with Crippen molar-refractivity contribution in [3.05, 3.63) is 0 Å². The fourth-order valence-corrected chi connectivity index (χ4v) is 2.35.